The van der Waals surface area contributed by atoms with Crippen molar-refractivity contribution in [2.45, 2.75) is 27.7 Å². The number of nitrogens with zero attached hydrogens (tertiary/aromatic N) is 2. The Bertz CT molecular complexity index is 1130. The Morgan fingerprint density at radius 1 is 0.824 bits per heavy atom. The van der Waals surface area contributed by atoms with Gasteiger partial charge in [0.05, 0.1) is 0 Å². The Hall–Kier alpha value is -3.00. The monoisotopic (exact) mass is 481 g/mol. The van der Waals surface area contributed by atoms with E-state index < -0.39 is 10.3 Å². The van der Waals surface area contributed by atoms with Crippen LogP contribution in [0.3, 0.4) is 0 Å². The minimum Gasteiger partial charge on any atom is -0.736 e. The normalized spacial score (nSPS) is 12.8. The second-order valence-corrected chi connectivity index (χ2v) is 8.66. The molecule has 0 atom stereocenters. The summed E-state index contributed by atoms with van der Waals surface area (Å²) in [5.74, 6) is 0. The zero-order valence-electron chi connectivity index (χ0n) is 20.4. The summed E-state index contributed by atoms with van der Waals surface area (Å²) < 4.78 is 28.9. The van der Waals surface area contributed by atoms with E-state index in [1.165, 1.54) is 33.7 Å². The molecule has 0 aliphatic heterocycles. The van der Waals surface area contributed by atoms with Crippen molar-refractivity contribution in [2.75, 3.05) is 31.1 Å². The molecule has 0 unspecified atom stereocenters. The van der Waals surface area contributed by atoms with Crippen molar-refractivity contribution in [3.05, 3.63) is 95.6 Å². The van der Waals surface area contributed by atoms with Gasteiger partial charge in [-0.05, 0) is 74.3 Å². The first kappa shape index (κ1) is 27.2. The Morgan fingerprint density at radius 3 is 1.74 bits per heavy atom. The van der Waals surface area contributed by atoms with Crippen molar-refractivity contribution in [2.24, 2.45) is 5.14 Å². The van der Waals surface area contributed by atoms with E-state index in [-0.39, 0.29) is 0 Å². The van der Waals surface area contributed by atoms with E-state index in [1.54, 1.807) is 0 Å². The molecule has 0 heterocycles. The van der Waals surface area contributed by atoms with Gasteiger partial charge in [-0.15, -0.1) is 0 Å². The van der Waals surface area contributed by atoms with Crippen LogP contribution in [0.4, 0.5) is 5.69 Å². The van der Waals surface area contributed by atoms with E-state index in [9.17, 15) is 0 Å². The summed E-state index contributed by atoms with van der Waals surface area (Å²) in [6, 6.07) is 19.7. The molecule has 2 N–H and O–H groups in total. The molecule has 0 amide bonds. The maximum Gasteiger partial charge on any atom is 0.199 e. The molecule has 0 spiro atoms. The van der Waals surface area contributed by atoms with E-state index in [1.807, 2.05) is 0 Å². The van der Waals surface area contributed by atoms with Crippen molar-refractivity contribution >= 4 is 27.3 Å². The number of nitrogens with two attached hydrogens (primary N) is 1. The molecule has 6 nitrogen and oxygen atoms in total. The number of hydrogen-bond donors (Lipinski definition) is 1. The van der Waals surface area contributed by atoms with Crippen LogP contribution in [0.15, 0.2) is 84.5 Å². The molecule has 2 aromatic rings. The van der Waals surface area contributed by atoms with E-state index in [0.29, 0.717) is 0 Å². The van der Waals surface area contributed by atoms with Gasteiger partial charge in [-0.3, -0.25) is 0 Å². The Labute approximate surface area is 204 Å². The van der Waals surface area contributed by atoms with Gasteiger partial charge >= 0.3 is 0 Å². The van der Waals surface area contributed by atoms with Gasteiger partial charge in [0.25, 0.3) is 0 Å². The van der Waals surface area contributed by atoms with Crippen LogP contribution >= 0.6 is 0 Å². The molecule has 182 valence electrons. The second kappa shape index (κ2) is 13.0. The highest BCUT2D eigenvalue weighted by Crippen LogP contribution is 2.31. The first-order valence-corrected chi connectivity index (χ1v) is 13.1. The van der Waals surface area contributed by atoms with Crippen LogP contribution in [-0.2, 0) is 10.3 Å². The van der Waals surface area contributed by atoms with Gasteiger partial charge in [-0.2, -0.15) is 0 Å². The summed E-state index contributed by atoms with van der Waals surface area (Å²) in [6.07, 6.45) is 9.01. The lowest BCUT2D eigenvalue weighted by molar-refractivity contribution is -0.519. The van der Waals surface area contributed by atoms with Crippen molar-refractivity contribution in [1.29, 1.82) is 0 Å². The summed E-state index contributed by atoms with van der Waals surface area (Å²) in [6.45, 7) is 12.9. The van der Waals surface area contributed by atoms with Crippen LogP contribution in [0.5, 0.6) is 0 Å². The maximum absolute atomic E-state index is 8.85. The molecule has 2 aromatic carbocycles. The molecule has 0 radical (unpaired) electrons. The molecule has 0 saturated carbocycles. The van der Waals surface area contributed by atoms with Crippen molar-refractivity contribution in [1.82, 2.24) is 0 Å². The number of benzene rings is 2. The van der Waals surface area contributed by atoms with E-state index in [4.69, 9.17) is 13.0 Å². The van der Waals surface area contributed by atoms with Gasteiger partial charge < -0.3 is 9.45 Å². The smallest absolute Gasteiger partial charge is 0.199 e. The zero-order valence-corrected chi connectivity index (χ0v) is 21.3. The molecule has 34 heavy (non-hydrogen) atoms. The fourth-order valence-corrected chi connectivity index (χ4v) is 3.96. The van der Waals surface area contributed by atoms with Crippen LogP contribution in [-0.4, -0.2) is 49.4 Å². The van der Waals surface area contributed by atoms with Crippen LogP contribution in [0, 0.1) is 0 Å². The lowest BCUT2D eigenvalue weighted by Crippen LogP contribution is -2.21. The predicted molar refractivity (Wildman–Crippen MR) is 141 cm³/mol. The van der Waals surface area contributed by atoms with E-state index in [2.05, 4.69) is 121 Å². The lowest BCUT2D eigenvalue weighted by atomic mass is 9.90. The predicted octanol–water partition coefficient (Wildman–Crippen LogP) is 4.36. The minimum atomic E-state index is -4.42. The average Bonchev–Trinajstić information content (AvgIpc) is 2.82. The Kier molecular flexibility index (Phi) is 10.4. The van der Waals surface area contributed by atoms with Crippen LogP contribution < -0.4 is 10.0 Å². The van der Waals surface area contributed by atoms with Crippen molar-refractivity contribution < 1.29 is 17.5 Å². The fourth-order valence-electron chi connectivity index (χ4n) is 3.96. The second-order valence-electron chi connectivity index (χ2n) is 7.67. The third-order valence-electron chi connectivity index (χ3n) is 5.63. The van der Waals surface area contributed by atoms with Gasteiger partial charge in [0.15, 0.2) is 16.0 Å². The van der Waals surface area contributed by atoms with Crippen LogP contribution in [0.2, 0.25) is 0 Å². The number of rotatable bonds is 7. The van der Waals surface area contributed by atoms with Crippen molar-refractivity contribution in [3.8, 4) is 0 Å². The van der Waals surface area contributed by atoms with Gasteiger partial charge in [0, 0.05) is 30.9 Å². The third-order valence-corrected chi connectivity index (χ3v) is 5.63. The quantitative estimate of drug-likeness (QED) is 0.470. The average molecular weight is 482 g/mol. The third kappa shape index (κ3) is 8.09. The summed E-state index contributed by atoms with van der Waals surface area (Å²) >= 11 is 0. The van der Waals surface area contributed by atoms with Crippen molar-refractivity contribution in [3.63, 3.8) is 0 Å². The highest BCUT2D eigenvalue weighted by molar-refractivity contribution is 7.83. The van der Waals surface area contributed by atoms with Gasteiger partial charge in [-0.25, -0.2) is 18.1 Å². The first-order chi connectivity index (χ1) is 16.2. The summed E-state index contributed by atoms with van der Waals surface area (Å²) in [5.41, 5.74) is 7.60. The summed E-state index contributed by atoms with van der Waals surface area (Å²) in [5, 5.41) is 3.77. The standard InChI is InChI=1S/C27H33N2.H3NO3S/c1-5-28(6-2)25-18-14-23(15-19-25)27(22-12-10-9-11-13-22)24-16-20-26(21-17-24)29(7-3)8-4;1-5(2,3)4/h9-21H,5-8H2,1-4H3;(H3,1,2,3,4)/q+1;/p-1. The molecule has 7 heteroatoms. The molecule has 3 rings (SSSR count). The largest absolute Gasteiger partial charge is 0.736 e. The number of allylic oxidation sites excluding steroid dienone is 5. The van der Waals surface area contributed by atoms with Gasteiger partial charge in [0.2, 0.25) is 0 Å². The van der Waals surface area contributed by atoms with Crippen LogP contribution in [0.25, 0.3) is 5.57 Å². The van der Waals surface area contributed by atoms with Gasteiger partial charge in [0.1, 0.15) is 13.1 Å². The fraction of sp³-hybridized carbons (Fsp3) is 0.296. The molecular formula is C27H35N3O3S. The minimum absolute atomic E-state index is 1.03. The molecular weight excluding hydrogens is 446 g/mol. The topological polar surface area (TPSA) is 89.5 Å². The lowest BCUT2D eigenvalue weighted by Gasteiger charge is -2.22. The first-order valence-electron chi connectivity index (χ1n) is 11.6. The molecule has 1 aliphatic carbocycles. The van der Waals surface area contributed by atoms with E-state index >= 15 is 0 Å². The molecule has 0 bridgehead atoms. The number of anilines is 1. The Balaban J connectivity index is 0.000000739. The molecule has 1 aliphatic rings. The maximum atomic E-state index is 8.85. The molecule has 0 saturated heterocycles. The van der Waals surface area contributed by atoms with Gasteiger partial charge in [-0.1, -0.05) is 42.5 Å². The summed E-state index contributed by atoms with van der Waals surface area (Å²) in [4.78, 5) is 2.38. The number of hydrogen-bond acceptors (Lipinski definition) is 4. The molecule has 0 fully saturated rings. The SMILES string of the molecule is CCN(CC)c1ccc(C(=C2C=CC(=[N+](CC)CC)C=C2)c2ccccc2)cc1.NS(=O)(=O)[O-]. The molecule has 0 aromatic heterocycles. The highest BCUT2D eigenvalue weighted by atomic mass is 32.2. The Morgan fingerprint density at radius 2 is 1.29 bits per heavy atom. The summed E-state index contributed by atoms with van der Waals surface area (Å²) in [7, 11) is -4.42. The van der Waals surface area contributed by atoms with Crippen LogP contribution in [0.1, 0.15) is 38.8 Å². The highest BCUT2D eigenvalue weighted by Gasteiger charge is 2.14. The zero-order chi connectivity index (χ0) is 25.1. The van der Waals surface area contributed by atoms with E-state index in [0.717, 1.165) is 26.2 Å².